The van der Waals surface area contributed by atoms with Crippen molar-refractivity contribution in [2.45, 2.75) is 27.2 Å². The summed E-state index contributed by atoms with van der Waals surface area (Å²) in [4.78, 5) is 10.8. The molecule has 4 nitrogen and oxygen atoms in total. The van der Waals surface area contributed by atoms with Crippen LogP contribution in [0.5, 0.6) is 11.5 Å². The van der Waals surface area contributed by atoms with Crippen molar-refractivity contribution in [3.05, 3.63) is 23.8 Å². The largest absolute Gasteiger partial charge is 0.490 e. The molecule has 0 saturated carbocycles. The molecule has 0 aliphatic heterocycles. The van der Waals surface area contributed by atoms with Crippen molar-refractivity contribution in [3.8, 4) is 11.5 Å². The van der Waals surface area contributed by atoms with E-state index in [0.29, 0.717) is 31.1 Å². The second-order valence-electron chi connectivity index (χ2n) is 4.09. The van der Waals surface area contributed by atoms with Crippen molar-refractivity contribution in [3.63, 3.8) is 0 Å². The van der Waals surface area contributed by atoms with Crippen LogP contribution in [0, 0.1) is 5.92 Å². The van der Waals surface area contributed by atoms with Crippen molar-refractivity contribution in [2.75, 3.05) is 13.2 Å². The molecule has 0 amide bonds. The predicted molar refractivity (Wildman–Crippen MR) is 69.3 cm³/mol. The summed E-state index contributed by atoms with van der Waals surface area (Å²) in [5.41, 5.74) is 0.941. The third kappa shape index (κ3) is 3.95. The summed E-state index contributed by atoms with van der Waals surface area (Å²) in [6.45, 7) is 6.64. The van der Waals surface area contributed by atoms with Crippen molar-refractivity contribution >= 4 is 5.97 Å². The Morgan fingerprint density at radius 2 is 1.83 bits per heavy atom. The zero-order valence-corrected chi connectivity index (χ0v) is 11.1. The van der Waals surface area contributed by atoms with Gasteiger partial charge < -0.3 is 14.6 Å². The van der Waals surface area contributed by atoms with Crippen molar-refractivity contribution in [2.24, 2.45) is 5.92 Å². The number of hydrogen-bond donors (Lipinski definition) is 1. The van der Waals surface area contributed by atoms with Crippen LogP contribution < -0.4 is 9.47 Å². The Morgan fingerprint density at radius 1 is 1.22 bits per heavy atom. The molecule has 0 saturated heterocycles. The molecule has 18 heavy (non-hydrogen) atoms. The number of ether oxygens (including phenoxy) is 2. The van der Waals surface area contributed by atoms with Gasteiger partial charge in [-0.25, -0.2) is 0 Å². The Hall–Kier alpha value is -1.71. The fourth-order valence-corrected chi connectivity index (χ4v) is 1.66. The molecule has 0 heterocycles. The van der Waals surface area contributed by atoms with Gasteiger partial charge in [0, 0.05) is 0 Å². The van der Waals surface area contributed by atoms with Crippen LogP contribution >= 0.6 is 0 Å². The van der Waals surface area contributed by atoms with Gasteiger partial charge in [-0.05, 0) is 38.0 Å². The first kappa shape index (κ1) is 14.4. The molecule has 1 atom stereocenters. The fourth-order valence-electron chi connectivity index (χ4n) is 1.66. The lowest BCUT2D eigenvalue weighted by Crippen LogP contribution is -2.12. The molecule has 0 bridgehead atoms. The number of hydrogen-bond acceptors (Lipinski definition) is 3. The lowest BCUT2D eigenvalue weighted by Gasteiger charge is -2.13. The molecular formula is C14H20O4. The van der Waals surface area contributed by atoms with Gasteiger partial charge in [0.2, 0.25) is 0 Å². The zero-order valence-electron chi connectivity index (χ0n) is 11.1. The highest BCUT2D eigenvalue weighted by atomic mass is 16.5. The quantitative estimate of drug-likeness (QED) is 0.810. The van der Waals surface area contributed by atoms with Crippen LogP contribution in [-0.4, -0.2) is 24.3 Å². The lowest BCUT2D eigenvalue weighted by molar-refractivity contribution is -0.141. The number of carboxylic acids is 1. The van der Waals surface area contributed by atoms with E-state index in [2.05, 4.69) is 0 Å². The molecule has 1 unspecified atom stereocenters. The minimum atomic E-state index is -0.790. The summed E-state index contributed by atoms with van der Waals surface area (Å²) in [6, 6.07) is 5.57. The van der Waals surface area contributed by atoms with Crippen LogP contribution in [-0.2, 0) is 11.2 Å². The van der Waals surface area contributed by atoms with Crippen LogP contribution in [0.15, 0.2) is 18.2 Å². The molecule has 4 heteroatoms. The zero-order chi connectivity index (χ0) is 13.5. The topological polar surface area (TPSA) is 55.8 Å². The maximum Gasteiger partial charge on any atom is 0.306 e. The first-order chi connectivity index (χ1) is 8.58. The van der Waals surface area contributed by atoms with Crippen LogP contribution in [0.25, 0.3) is 0 Å². The monoisotopic (exact) mass is 252 g/mol. The van der Waals surface area contributed by atoms with Gasteiger partial charge in [0.05, 0.1) is 19.1 Å². The van der Waals surface area contributed by atoms with E-state index in [0.717, 1.165) is 5.56 Å². The summed E-state index contributed by atoms with van der Waals surface area (Å²) in [5.74, 6) is 0.180. The van der Waals surface area contributed by atoms with E-state index in [1.54, 1.807) is 6.92 Å². The second-order valence-corrected chi connectivity index (χ2v) is 4.09. The number of carboxylic acid groups (broad SMARTS) is 1. The van der Waals surface area contributed by atoms with E-state index >= 15 is 0 Å². The van der Waals surface area contributed by atoms with E-state index in [1.807, 2.05) is 32.0 Å². The SMILES string of the molecule is CCOc1ccc(CC(C)C(=O)O)cc1OCC. The minimum absolute atomic E-state index is 0.405. The Kier molecular flexibility index (Phi) is 5.49. The van der Waals surface area contributed by atoms with Gasteiger partial charge in [0.1, 0.15) is 0 Å². The van der Waals surface area contributed by atoms with E-state index in [-0.39, 0.29) is 0 Å². The molecule has 1 aromatic carbocycles. The molecule has 0 aromatic heterocycles. The molecule has 1 rings (SSSR count). The van der Waals surface area contributed by atoms with Gasteiger partial charge in [-0.2, -0.15) is 0 Å². The van der Waals surface area contributed by atoms with Gasteiger partial charge in [0.25, 0.3) is 0 Å². The van der Waals surface area contributed by atoms with E-state index < -0.39 is 11.9 Å². The van der Waals surface area contributed by atoms with Crippen molar-refractivity contribution in [1.29, 1.82) is 0 Å². The number of carbonyl (C=O) groups is 1. The molecule has 0 spiro atoms. The summed E-state index contributed by atoms with van der Waals surface area (Å²) in [7, 11) is 0. The highest BCUT2D eigenvalue weighted by Crippen LogP contribution is 2.29. The van der Waals surface area contributed by atoms with Gasteiger partial charge in [-0.3, -0.25) is 4.79 Å². The van der Waals surface area contributed by atoms with Crippen molar-refractivity contribution in [1.82, 2.24) is 0 Å². The van der Waals surface area contributed by atoms with E-state index in [9.17, 15) is 4.79 Å². The Balaban J connectivity index is 2.88. The van der Waals surface area contributed by atoms with E-state index in [4.69, 9.17) is 14.6 Å². The molecule has 100 valence electrons. The highest BCUT2D eigenvalue weighted by molar-refractivity contribution is 5.70. The standard InChI is InChI=1S/C14H20O4/c1-4-17-12-7-6-11(8-10(3)14(15)16)9-13(12)18-5-2/h6-7,9-10H,4-5,8H2,1-3H3,(H,15,16). The number of benzene rings is 1. The average Bonchev–Trinajstić information content (AvgIpc) is 2.33. The molecular weight excluding hydrogens is 232 g/mol. The Labute approximate surface area is 108 Å². The maximum atomic E-state index is 10.8. The smallest absolute Gasteiger partial charge is 0.306 e. The molecule has 0 radical (unpaired) electrons. The molecule has 1 aromatic rings. The van der Waals surface area contributed by atoms with Crippen LogP contribution in [0.3, 0.4) is 0 Å². The number of aliphatic carboxylic acids is 1. The molecule has 0 aliphatic carbocycles. The van der Waals surface area contributed by atoms with Gasteiger partial charge >= 0.3 is 5.97 Å². The van der Waals surface area contributed by atoms with E-state index in [1.165, 1.54) is 0 Å². The predicted octanol–water partition coefficient (Wildman–Crippen LogP) is 2.75. The highest BCUT2D eigenvalue weighted by Gasteiger charge is 2.13. The lowest BCUT2D eigenvalue weighted by atomic mass is 10.0. The third-order valence-corrected chi connectivity index (χ3v) is 2.57. The Morgan fingerprint density at radius 3 is 2.39 bits per heavy atom. The molecule has 0 aliphatic rings. The van der Waals surface area contributed by atoms with Gasteiger partial charge in [0.15, 0.2) is 11.5 Å². The van der Waals surface area contributed by atoms with Gasteiger partial charge in [-0.1, -0.05) is 13.0 Å². The van der Waals surface area contributed by atoms with Crippen molar-refractivity contribution < 1.29 is 19.4 Å². The van der Waals surface area contributed by atoms with Crippen LogP contribution in [0.1, 0.15) is 26.3 Å². The summed E-state index contributed by atoms with van der Waals surface area (Å²) in [6.07, 6.45) is 0.488. The molecule has 1 N–H and O–H groups in total. The summed E-state index contributed by atoms with van der Waals surface area (Å²) < 4.78 is 11.0. The Bertz CT molecular complexity index is 401. The normalized spacial score (nSPS) is 11.9. The molecule has 0 fully saturated rings. The van der Waals surface area contributed by atoms with Crippen LogP contribution in [0.4, 0.5) is 0 Å². The minimum Gasteiger partial charge on any atom is -0.490 e. The maximum absolute atomic E-state index is 10.8. The third-order valence-electron chi connectivity index (χ3n) is 2.57. The average molecular weight is 252 g/mol. The second kappa shape index (κ2) is 6.89. The van der Waals surface area contributed by atoms with Gasteiger partial charge in [-0.15, -0.1) is 0 Å². The fraction of sp³-hybridized carbons (Fsp3) is 0.500. The number of rotatable bonds is 7. The first-order valence-electron chi connectivity index (χ1n) is 6.19. The van der Waals surface area contributed by atoms with Crippen LogP contribution in [0.2, 0.25) is 0 Å². The summed E-state index contributed by atoms with van der Waals surface area (Å²) in [5, 5.41) is 8.90. The first-order valence-corrected chi connectivity index (χ1v) is 6.19. The summed E-state index contributed by atoms with van der Waals surface area (Å²) >= 11 is 0.